The van der Waals surface area contributed by atoms with E-state index in [2.05, 4.69) is 0 Å². The number of hydrogen-bond donors (Lipinski definition) is 0. The van der Waals surface area contributed by atoms with Crippen LogP contribution in [0.1, 0.15) is 33.6 Å². The summed E-state index contributed by atoms with van der Waals surface area (Å²) in [5.41, 5.74) is 1.10. The minimum absolute atomic E-state index is 0. The van der Waals surface area contributed by atoms with Gasteiger partial charge in [0.05, 0.1) is 5.25 Å². The van der Waals surface area contributed by atoms with E-state index in [0.717, 1.165) is 18.4 Å². The molecule has 82 valence electrons. The van der Waals surface area contributed by atoms with Crippen molar-refractivity contribution in [2.24, 2.45) is 11.8 Å². The third kappa shape index (κ3) is 4.19. The maximum Gasteiger partial charge on any atom is 1.00 e. The van der Waals surface area contributed by atoms with Crippen LogP contribution >= 0.6 is 0 Å². The van der Waals surface area contributed by atoms with Crippen LogP contribution in [0.15, 0.2) is 11.6 Å². The molecule has 0 aromatic carbocycles. The van der Waals surface area contributed by atoms with Gasteiger partial charge in [0.1, 0.15) is 10.1 Å². The molecule has 5 heteroatoms. The van der Waals surface area contributed by atoms with Crippen LogP contribution in [0.2, 0.25) is 0 Å². The molecule has 0 N–H and O–H groups in total. The predicted molar refractivity (Wildman–Crippen MR) is 54.8 cm³/mol. The quantitative estimate of drug-likeness (QED) is 0.350. The van der Waals surface area contributed by atoms with Crippen LogP contribution in [0, 0.1) is 11.8 Å². The summed E-state index contributed by atoms with van der Waals surface area (Å²) in [6, 6.07) is 0. The first-order chi connectivity index (χ1) is 6.32. The summed E-state index contributed by atoms with van der Waals surface area (Å²) < 4.78 is 32.9. The van der Waals surface area contributed by atoms with Gasteiger partial charge in [-0.1, -0.05) is 32.4 Å². The second kappa shape index (κ2) is 5.82. The Balaban J connectivity index is 0.00000196. The van der Waals surface area contributed by atoms with Gasteiger partial charge in [-0.2, -0.15) is 0 Å². The Hall–Kier alpha value is 0.650. The third-order valence-corrected chi connectivity index (χ3v) is 4.17. The number of rotatable bonds is 2. The van der Waals surface area contributed by atoms with Crippen molar-refractivity contribution < 1.29 is 42.5 Å². The summed E-state index contributed by atoms with van der Waals surface area (Å²) in [6.07, 6.45) is 3.39. The van der Waals surface area contributed by atoms with Crippen LogP contribution in [-0.2, 0) is 10.1 Å². The van der Waals surface area contributed by atoms with E-state index in [4.69, 9.17) is 0 Å². The maximum atomic E-state index is 11.0. The molecule has 0 saturated heterocycles. The SMILES string of the molecule is CC(C)C1=CC(S(=O)(=O)[O-])C(C)CC1.[Na+]. The average Bonchev–Trinajstić information content (AvgIpc) is 2.02. The third-order valence-electron chi connectivity index (χ3n) is 2.90. The summed E-state index contributed by atoms with van der Waals surface area (Å²) in [5, 5.41) is -0.811. The van der Waals surface area contributed by atoms with Crippen LogP contribution in [0.3, 0.4) is 0 Å². The minimum atomic E-state index is -4.17. The van der Waals surface area contributed by atoms with E-state index >= 15 is 0 Å². The fourth-order valence-corrected chi connectivity index (χ4v) is 2.91. The Morgan fingerprint density at radius 3 is 2.40 bits per heavy atom. The Labute approximate surface area is 114 Å². The molecule has 0 amide bonds. The van der Waals surface area contributed by atoms with Gasteiger partial charge in [0, 0.05) is 0 Å². The van der Waals surface area contributed by atoms with E-state index in [9.17, 15) is 13.0 Å². The number of hydrogen-bond acceptors (Lipinski definition) is 3. The molecule has 1 rings (SSSR count). The zero-order valence-corrected chi connectivity index (χ0v) is 12.7. The van der Waals surface area contributed by atoms with Crippen molar-refractivity contribution in [3.05, 3.63) is 11.6 Å². The van der Waals surface area contributed by atoms with Gasteiger partial charge >= 0.3 is 29.6 Å². The monoisotopic (exact) mass is 240 g/mol. The van der Waals surface area contributed by atoms with Crippen molar-refractivity contribution in [1.82, 2.24) is 0 Å². The van der Waals surface area contributed by atoms with Crippen LogP contribution in [-0.4, -0.2) is 18.2 Å². The fourth-order valence-electron chi connectivity index (χ4n) is 1.87. The van der Waals surface area contributed by atoms with Gasteiger partial charge in [-0.05, 0) is 24.7 Å². The van der Waals surface area contributed by atoms with E-state index in [1.165, 1.54) is 0 Å². The Morgan fingerprint density at radius 2 is 2.00 bits per heavy atom. The smallest absolute Gasteiger partial charge is 0.747 e. The van der Waals surface area contributed by atoms with Crippen LogP contribution in [0.5, 0.6) is 0 Å². The Bertz CT molecular complexity index is 333. The Morgan fingerprint density at radius 1 is 1.47 bits per heavy atom. The standard InChI is InChI=1S/C10H18O3S.Na/c1-7(2)9-5-4-8(3)10(6-9)14(11,12)13;/h6-8,10H,4-5H2,1-3H3,(H,11,12,13);/q;+1/p-1. The van der Waals surface area contributed by atoms with Crippen LogP contribution in [0.25, 0.3) is 0 Å². The zero-order valence-electron chi connectivity index (χ0n) is 9.86. The van der Waals surface area contributed by atoms with E-state index in [1.54, 1.807) is 6.08 Å². The van der Waals surface area contributed by atoms with Crippen LogP contribution in [0.4, 0.5) is 0 Å². The summed E-state index contributed by atoms with van der Waals surface area (Å²) in [5.74, 6) is 0.298. The number of allylic oxidation sites excluding steroid dienone is 1. The molecule has 0 spiro atoms. The molecule has 1 aliphatic carbocycles. The summed E-state index contributed by atoms with van der Waals surface area (Å²) in [7, 11) is -4.17. The van der Waals surface area contributed by atoms with Crippen molar-refractivity contribution >= 4 is 10.1 Å². The van der Waals surface area contributed by atoms with E-state index in [-0.39, 0.29) is 35.5 Å². The molecule has 0 heterocycles. The van der Waals surface area contributed by atoms with Gasteiger partial charge in [-0.3, -0.25) is 0 Å². The van der Waals surface area contributed by atoms with Crippen molar-refractivity contribution in [2.75, 3.05) is 0 Å². The van der Waals surface area contributed by atoms with Crippen molar-refractivity contribution in [3.63, 3.8) is 0 Å². The summed E-state index contributed by atoms with van der Waals surface area (Å²) in [6.45, 7) is 5.88. The van der Waals surface area contributed by atoms with E-state index in [1.807, 2.05) is 20.8 Å². The van der Waals surface area contributed by atoms with Gasteiger partial charge < -0.3 is 4.55 Å². The predicted octanol–water partition coefficient (Wildman–Crippen LogP) is -1.08. The average molecular weight is 240 g/mol. The van der Waals surface area contributed by atoms with E-state index in [0.29, 0.717) is 5.92 Å². The molecular formula is C10H17NaO3S. The molecule has 2 unspecified atom stereocenters. The molecule has 0 bridgehead atoms. The fraction of sp³-hybridized carbons (Fsp3) is 0.800. The zero-order chi connectivity index (χ0) is 10.9. The molecular weight excluding hydrogens is 223 g/mol. The van der Waals surface area contributed by atoms with E-state index < -0.39 is 15.4 Å². The molecule has 3 nitrogen and oxygen atoms in total. The first-order valence-electron chi connectivity index (χ1n) is 4.97. The topological polar surface area (TPSA) is 57.2 Å². The normalized spacial score (nSPS) is 27.1. The van der Waals surface area contributed by atoms with Gasteiger partial charge in [0.2, 0.25) is 0 Å². The summed E-state index contributed by atoms with van der Waals surface area (Å²) in [4.78, 5) is 0. The molecule has 0 aliphatic heterocycles. The van der Waals surface area contributed by atoms with Crippen molar-refractivity contribution in [2.45, 2.75) is 38.9 Å². The molecule has 0 radical (unpaired) electrons. The molecule has 0 fully saturated rings. The van der Waals surface area contributed by atoms with Gasteiger partial charge in [-0.15, -0.1) is 0 Å². The molecule has 0 saturated carbocycles. The molecule has 0 aromatic heterocycles. The first kappa shape index (κ1) is 15.7. The molecule has 1 aliphatic rings. The maximum absolute atomic E-state index is 11.0. The van der Waals surface area contributed by atoms with Gasteiger partial charge in [0.15, 0.2) is 0 Å². The minimum Gasteiger partial charge on any atom is -0.747 e. The van der Waals surface area contributed by atoms with Crippen molar-refractivity contribution in [1.29, 1.82) is 0 Å². The molecule has 2 atom stereocenters. The largest absolute Gasteiger partial charge is 1.00 e. The van der Waals surface area contributed by atoms with Gasteiger partial charge in [-0.25, -0.2) is 8.42 Å². The molecule has 15 heavy (non-hydrogen) atoms. The van der Waals surface area contributed by atoms with Gasteiger partial charge in [0.25, 0.3) is 0 Å². The first-order valence-corrected chi connectivity index (χ1v) is 6.44. The summed E-state index contributed by atoms with van der Waals surface area (Å²) >= 11 is 0. The second-order valence-corrected chi connectivity index (χ2v) is 5.90. The van der Waals surface area contributed by atoms with Crippen LogP contribution < -0.4 is 29.6 Å². The Kier molecular flexibility index (Phi) is 6.08. The van der Waals surface area contributed by atoms with Crippen molar-refractivity contribution in [3.8, 4) is 0 Å². The molecule has 0 aromatic rings. The second-order valence-electron chi connectivity index (χ2n) is 4.37.